The molecule has 0 radical (unpaired) electrons. The van der Waals surface area contributed by atoms with Gasteiger partial charge in [-0.05, 0) is 12.8 Å². The first-order valence-corrected chi connectivity index (χ1v) is 13.4. The van der Waals surface area contributed by atoms with Gasteiger partial charge in [0.25, 0.3) is 0 Å². The van der Waals surface area contributed by atoms with Crippen molar-refractivity contribution in [2.45, 2.75) is 155 Å². The Morgan fingerprint density at radius 1 is 0.516 bits per heavy atom. The predicted molar refractivity (Wildman–Crippen MR) is 133 cm³/mol. The molecule has 0 spiro atoms. The number of rotatable bonds is 22. The Morgan fingerprint density at radius 3 is 1.10 bits per heavy atom. The van der Waals surface area contributed by atoms with E-state index in [0.717, 1.165) is 19.3 Å². The van der Waals surface area contributed by atoms with E-state index in [1.807, 2.05) is 0 Å². The average molecular weight is 443 g/mol. The van der Waals surface area contributed by atoms with Gasteiger partial charge in [-0.25, -0.2) is 0 Å². The highest BCUT2D eigenvalue weighted by Crippen LogP contribution is 2.12. The molecule has 0 aliphatic heterocycles. The van der Waals surface area contributed by atoms with Crippen LogP contribution in [0.2, 0.25) is 0 Å². The number of carboxylic acid groups (broad SMARTS) is 1. The van der Waals surface area contributed by atoms with Gasteiger partial charge in [0.2, 0.25) is 0 Å². The highest BCUT2D eigenvalue weighted by molar-refractivity contribution is 5.69. The third-order valence-corrected chi connectivity index (χ3v) is 5.71. The molecule has 4 nitrogen and oxygen atoms in total. The summed E-state index contributed by atoms with van der Waals surface area (Å²) in [6.07, 6.45) is 26.5. The summed E-state index contributed by atoms with van der Waals surface area (Å²) in [7, 11) is 1.45. The summed E-state index contributed by atoms with van der Waals surface area (Å²) >= 11 is 0. The van der Waals surface area contributed by atoms with Crippen LogP contribution in [0.1, 0.15) is 155 Å². The Morgan fingerprint density at radius 2 is 0.806 bits per heavy atom. The second kappa shape index (κ2) is 28.9. The summed E-state index contributed by atoms with van der Waals surface area (Å²) in [5.41, 5.74) is 0. The minimum Gasteiger partial charge on any atom is -0.481 e. The number of hydrogen-bond acceptors (Lipinski definition) is 3. The summed E-state index contributed by atoms with van der Waals surface area (Å²) < 4.78 is 4.58. The maximum absolute atomic E-state index is 10.8. The van der Waals surface area contributed by atoms with Crippen molar-refractivity contribution in [3.8, 4) is 0 Å². The molecule has 0 amide bonds. The van der Waals surface area contributed by atoms with Crippen molar-refractivity contribution >= 4 is 11.9 Å². The minimum absolute atomic E-state index is 0.0713. The summed E-state index contributed by atoms with van der Waals surface area (Å²) in [4.78, 5) is 21.1. The van der Waals surface area contributed by atoms with E-state index in [2.05, 4.69) is 18.6 Å². The third-order valence-electron chi connectivity index (χ3n) is 5.71. The van der Waals surface area contributed by atoms with Crippen molar-refractivity contribution in [3.63, 3.8) is 0 Å². The van der Waals surface area contributed by atoms with Crippen molar-refractivity contribution in [2.24, 2.45) is 0 Å². The molecule has 186 valence electrons. The lowest BCUT2D eigenvalue weighted by Gasteiger charge is -2.01. The topological polar surface area (TPSA) is 63.6 Å². The van der Waals surface area contributed by atoms with Crippen LogP contribution in [0.5, 0.6) is 0 Å². The van der Waals surface area contributed by atoms with Crippen LogP contribution in [0.4, 0.5) is 0 Å². The first kappa shape index (κ1) is 32.1. The Kier molecular flexibility index (Phi) is 30.0. The zero-order valence-corrected chi connectivity index (χ0v) is 21.2. The normalized spacial score (nSPS) is 10.4. The smallest absolute Gasteiger partial charge is 0.305 e. The van der Waals surface area contributed by atoms with Gasteiger partial charge in [-0.2, -0.15) is 0 Å². The van der Waals surface area contributed by atoms with Crippen molar-refractivity contribution < 1.29 is 19.4 Å². The van der Waals surface area contributed by atoms with Gasteiger partial charge in [-0.3, -0.25) is 9.59 Å². The van der Waals surface area contributed by atoms with Crippen molar-refractivity contribution in [1.82, 2.24) is 0 Å². The van der Waals surface area contributed by atoms with Crippen LogP contribution in [-0.2, 0) is 14.3 Å². The molecule has 0 saturated heterocycles. The molecule has 31 heavy (non-hydrogen) atoms. The molecular weight excluding hydrogens is 388 g/mol. The highest BCUT2D eigenvalue weighted by atomic mass is 16.5. The van der Waals surface area contributed by atoms with E-state index in [1.54, 1.807) is 0 Å². The van der Waals surface area contributed by atoms with Crippen molar-refractivity contribution in [3.05, 3.63) is 0 Å². The molecule has 0 saturated carbocycles. The number of carboxylic acids is 1. The quantitative estimate of drug-likeness (QED) is 0.134. The standard InChI is InChI=1S/C14H28O2.C13H26O2/c1-2-3-4-5-6-7-8-9-10-11-12-13-14(15)16;1-3-4-5-6-7-8-9-10-11-12-13(14)15-2/h2-13H2,1H3,(H,15,16);3-12H2,1-2H3. The van der Waals surface area contributed by atoms with Gasteiger partial charge < -0.3 is 9.84 Å². The largest absolute Gasteiger partial charge is 0.481 e. The molecule has 0 aromatic rings. The van der Waals surface area contributed by atoms with Gasteiger partial charge in [0.05, 0.1) is 7.11 Å². The number of methoxy groups -OCH3 is 1. The van der Waals surface area contributed by atoms with E-state index < -0.39 is 5.97 Å². The summed E-state index contributed by atoms with van der Waals surface area (Å²) in [6.45, 7) is 4.49. The SMILES string of the molecule is CCCCCCCCCCCC(=O)OC.CCCCCCCCCCCCCC(=O)O. The first-order chi connectivity index (χ1) is 15.1. The van der Waals surface area contributed by atoms with Crippen molar-refractivity contribution in [2.75, 3.05) is 7.11 Å². The van der Waals surface area contributed by atoms with E-state index in [-0.39, 0.29) is 5.97 Å². The molecule has 0 heterocycles. The Labute approximate surface area is 193 Å². The van der Waals surface area contributed by atoms with Crippen LogP contribution in [-0.4, -0.2) is 24.2 Å². The Bertz CT molecular complexity index is 368. The Balaban J connectivity index is 0. The highest BCUT2D eigenvalue weighted by Gasteiger charge is 1.99. The zero-order valence-electron chi connectivity index (χ0n) is 21.2. The molecule has 0 bridgehead atoms. The molecule has 0 atom stereocenters. The second-order valence-corrected chi connectivity index (χ2v) is 8.83. The number of ether oxygens (including phenoxy) is 1. The minimum atomic E-state index is -0.657. The number of carbonyl (C=O) groups is 2. The lowest BCUT2D eigenvalue weighted by molar-refractivity contribution is -0.141. The van der Waals surface area contributed by atoms with E-state index in [9.17, 15) is 9.59 Å². The molecule has 0 fully saturated rings. The molecule has 1 N–H and O–H groups in total. The summed E-state index contributed by atoms with van der Waals surface area (Å²) in [6, 6.07) is 0. The number of unbranched alkanes of at least 4 members (excludes halogenated alkanes) is 18. The molecule has 4 heteroatoms. The van der Waals surface area contributed by atoms with E-state index in [4.69, 9.17) is 5.11 Å². The summed E-state index contributed by atoms with van der Waals surface area (Å²) in [5.74, 6) is -0.728. The second-order valence-electron chi connectivity index (χ2n) is 8.83. The van der Waals surface area contributed by atoms with Gasteiger partial charge >= 0.3 is 11.9 Å². The van der Waals surface area contributed by atoms with Gasteiger partial charge in [0.1, 0.15) is 0 Å². The average Bonchev–Trinajstić information content (AvgIpc) is 2.76. The predicted octanol–water partition coefficient (Wildman–Crippen LogP) is 8.85. The van der Waals surface area contributed by atoms with Crippen LogP contribution < -0.4 is 0 Å². The summed E-state index contributed by atoms with van der Waals surface area (Å²) in [5, 5.41) is 8.46. The molecular formula is C27H54O4. The fraction of sp³-hybridized carbons (Fsp3) is 0.926. The molecule has 0 rings (SSSR count). The van der Waals surface area contributed by atoms with Gasteiger partial charge in [-0.1, -0.05) is 129 Å². The molecule has 0 aromatic carbocycles. The number of carbonyl (C=O) groups excluding carboxylic acids is 1. The van der Waals surface area contributed by atoms with Crippen LogP contribution in [0.25, 0.3) is 0 Å². The first-order valence-electron chi connectivity index (χ1n) is 13.4. The van der Waals surface area contributed by atoms with Crippen molar-refractivity contribution in [1.29, 1.82) is 0 Å². The molecule has 0 aromatic heterocycles. The van der Waals surface area contributed by atoms with E-state index in [0.29, 0.717) is 12.8 Å². The number of aliphatic carboxylic acids is 1. The number of hydrogen-bond donors (Lipinski definition) is 1. The van der Waals surface area contributed by atoms with E-state index in [1.165, 1.54) is 116 Å². The fourth-order valence-electron chi connectivity index (χ4n) is 3.62. The molecule has 0 unspecified atom stereocenters. The fourth-order valence-corrected chi connectivity index (χ4v) is 3.62. The lowest BCUT2D eigenvalue weighted by Crippen LogP contribution is -1.99. The van der Waals surface area contributed by atoms with Crippen LogP contribution in [0, 0.1) is 0 Å². The van der Waals surface area contributed by atoms with Crippen LogP contribution >= 0.6 is 0 Å². The molecule has 0 aliphatic rings. The van der Waals surface area contributed by atoms with Gasteiger partial charge in [0, 0.05) is 12.8 Å². The van der Waals surface area contributed by atoms with Crippen LogP contribution in [0.3, 0.4) is 0 Å². The van der Waals surface area contributed by atoms with Gasteiger partial charge in [-0.15, -0.1) is 0 Å². The van der Waals surface area contributed by atoms with Crippen LogP contribution in [0.15, 0.2) is 0 Å². The van der Waals surface area contributed by atoms with Gasteiger partial charge in [0.15, 0.2) is 0 Å². The zero-order chi connectivity index (χ0) is 23.4. The molecule has 0 aliphatic carbocycles. The lowest BCUT2D eigenvalue weighted by atomic mass is 10.1. The third kappa shape index (κ3) is 33.8. The maximum Gasteiger partial charge on any atom is 0.305 e. The number of esters is 1. The maximum atomic E-state index is 10.8. The Hall–Kier alpha value is -1.06. The monoisotopic (exact) mass is 442 g/mol. The van der Waals surface area contributed by atoms with E-state index >= 15 is 0 Å².